The highest BCUT2D eigenvalue weighted by atomic mass is 35.5. The van der Waals surface area contributed by atoms with Crippen LogP contribution < -0.4 is 0 Å². The predicted octanol–water partition coefficient (Wildman–Crippen LogP) is 4.33. The second kappa shape index (κ2) is 3.90. The number of rotatable bonds is 1. The van der Waals surface area contributed by atoms with Gasteiger partial charge in [0.05, 0.1) is 0 Å². The predicted molar refractivity (Wildman–Crippen MR) is 68.9 cm³/mol. The quantitative estimate of drug-likeness (QED) is 0.635. The lowest BCUT2D eigenvalue weighted by Crippen LogP contribution is -1.75. The highest BCUT2D eigenvalue weighted by Crippen LogP contribution is 2.25. The Labute approximate surface area is 104 Å². The third-order valence-electron chi connectivity index (χ3n) is 2.54. The van der Waals surface area contributed by atoms with Crippen LogP contribution in [0.5, 0.6) is 0 Å². The maximum absolute atomic E-state index is 5.84. The van der Waals surface area contributed by atoms with Crippen LogP contribution in [0.25, 0.3) is 22.6 Å². The number of hydrogen-bond acceptors (Lipinski definition) is 2. The number of oxazole rings is 1. The molecule has 1 radical (unpaired) electrons. The lowest BCUT2D eigenvalue weighted by molar-refractivity contribution is 0.620. The van der Waals surface area contributed by atoms with Crippen molar-refractivity contribution >= 4 is 22.7 Å². The number of fused-ring (bicyclic) bond motifs is 1. The maximum atomic E-state index is 5.84. The Bertz CT molecular complexity index is 670. The molecule has 0 amide bonds. The number of halogens is 1. The fraction of sp³-hybridized carbons (Fsp3) is 0. The molecule has 0 spiro atoms. The average molecular weight is 243 g/mol. The summed E-state index contributed by atoms with van der Waals surface area (Å²) in [6, 6.07) is 13.1. The molecule has 2 nitrogen and oxygen atoms in total. The molecule has 3 heteroatoms. The zero-order valence-corrected chi connectivity index (χ0v) is 9.74. The van der Waals surface area contributed by atoms with E-state index in [9.17, 15) is 0 Å². The average Bonchev–Trinajstić information content (AvgIpc) is 2.72. The number of nitrogens with zero attached hydrogens (tertiary/aromatic N) is 1. The van der Waals surface area contributed by atoms with Gasteiger partial charge in [-0.25, -0.2) is 4.98 Å². The summed E-state index contributed by atoms with van der Waals surface area (Å²) >= 11 is 5.84. The molecule has 0 saturated carbocycles. The van der Waals surface area contributed by atoms with Crippen LogP contribution in [0, 0.1) is 6.92 Å². The largest absolute Gasteiger partial charge is 0.436 e. The van der Waals surface area contributed by atoms with E-state index >= 15 is 0 Å². The highest BCUT2D eigenvalue weighted by molar-refractivity contribution is 6.30. The molecule has 0 fully saturated rings. The van der Waals surface area contributed by atoms with Crippen LogP contribution in [-0.4, -0.2) is 4.98 Å². The molecule has 0 aliphatic rings. The number of benzene rings is 2. The number of hydrogen-bond donors (Lipinski definition) is 0. The summed E-state index contributed by atoms with van der Waals surface area (Å²) in [7, 11) is 0. The molecule has 0 unspecified atom stereocenters. The standard InChI is InChI=1S/C14H9ClNO/c1-9-2-7-12-13(8-9)17-14(16-12)10-3-5-11(15)6-4-10/h2-8H,1H2. The van der Waals surface area contributed by atoms with Gasteiger partial charge in [-0.2, -0.15) is 0 Å². The van der Waals surface area contributed by atoms with E-state index in [1.807, 2.05) is 42.5 Å². The minimum Gasteiger partial charge on any atom is -0.436 e. The first-order valence-corrected chi connectivity index (χ1v) is 5.59. The van der Waals surface area contributed by atoms with Gasteiger partial charge in [0.25, 0.3) is 0 Å². The Hall–Kier alpha value is -1.80. The third kappa shape index (κ3) is 1.92. The van der Waals surface area contributed by atoms with Crippen molar-refractivity contribution in [2.45, 2.75) is 0 Å². The van der Waals surface area contributed by atoms with Crippen LogP contribution in [0.2, 0.25) is 5.02 Å². The monoisotopic (exact) mass is 242 g/mol. The molecule has 0 atom stereocenters. The van der Waals surface area contributed by atoms with Gasteiger partial charge in [-0.1, -0.05) is 17.7 Å². The van der Waals surface area contributed by atoms with E-state index in [4.69, 9.17) is 16.0 Å². The topological polar surface area (TPSA) is 26.0 Å². The minimum absolute atomic E-state index is 0.599. The molecule has 17 heavy (non-hydrogen) atoms. The molecule has 0 N–H and O–H groups in total. The van der Waals surface area contributed by atoms with Crippen molar-refractivity contribution in [1.29, 1.82) is 0 Å². The smallest absolute Gasteiger partial charge is 0.227 e. The van der Waals surface area contributed by atoms with Crippen molar-refractivity contribution in [2.75, 3.05) is 0 Å². The summed E-state index contributed by atoms with van der Waals surface area (Å²) in [5.41, 5.74) is 3.41. The molecular formula is C14H9ClNO. The van der Waals surface area contributed by atoms with Crippen LogP contribution in [0.1, 0.15) is 5.56 Å². The molecule has 1 heterocycles. The Kier molecular flexibility index (Phi) is 2.37. The molecule has 0 aliphatic heterocycles. The molecule has 0 aliphatic carbocycles. The molecule has 2 aromatic carbocycles. The summed E-state index contributed by atoms with van der Waals surface area (Å²) in [6.07, 6.45) is 0. The first kappa shape index (κ1) is 10.4. The second-order valence-electron chi connectivity index (χ2n) is 3.83. The Balaban J connectivity index is 2.14. The van der Waals surface area contributed by atoms with Crippen molar-refractivity contribution < 1.29 is 4.42 Å². The van der Waals surface area contributed by atoms with Crippen molar-refractivity contribution in [1.82, 2.24) is 4.98 Å². The van der Waals surface area contributed by atoms with Gasteiger partial charge in [-0.05, 0) is 48.9 Å². The van der Waals surface area contributed by atoms with E-state index in [1.54, 1.807) is 0 Å². The van der Waals surface area contributed by atoms with Crippen LogP contribution in [0.4, 0.5) is 0 Å². The summed E-state index contributed by atoms with van der Waals surface area (Å²) in [5.74, 6) is 0.599. The van der Waals surface area contributed by atoms with Crippen molar-refractivity contribution in [2.24, 2.45) is 0 Å². The fourth-order valence-electron chi connectivity index (χ4n) is 1.68. The van der Waals surface area contributed by atoms with E-state index < -0.39 is 0 Å². The molecular weight excluding hydrogens is 234 g/mol. The Morgan fingerprint density at radius 1 is 1.06 bits per heavy atom. The molecule has 1 aromatic heterocycles. The van der Waals surface area contributed by atoms with E-state index in [-0.39, 0.29) is 0 Å². The van der Waals surface area contributed by atoms with Gasteiger partial charge in [0.1, 0.15) is 5.52 Å². The summed E-state index contributed by atoms with van der Waals surface area (Å²) in [4.78, 5) is 4.42. The third-order valence-corrected chi connectivity index (χ3v) is 2.80. The number of aromatic nitrogens is 1. The molecule has 3 rings (SSSR count). The Morgan fingerprint density at radius 2 is 1.82 bits per heavy atom. The van der Waals surface area contributed by atoms with Crippen LogP contribution in [0.3, 0.4) is 0 Å². The van der Waals surface area contributed by atoms with E-state index in [2.05, 4.69) is 11.9 Å². The summed E-state index contributed by atoms with van der Waals surface area (Å²) in [5, 5.41) is 0.699. The van der Waals surface area contributed by atoms with Crippen molar-refractivity contribution in [3.05, 3.63) is 60.0 Å². The van der Waals surface area contributed by atoms with Gasteiger partial charge in [0, 0.05) is 10.6 Å². The van der Waals surface area contributed by atoms with Crippen LogP contribution in [-0.2, 0) is 0 Å². The summed E-state index contributed by atoms with van der Waals surface area (Å²) < 4.78 is 5.68. The molecule has 83 valence electrons. The van der Waals surface area contributed by atoms with E-state index in [0.29, 0.717) is 10.9 Å². The second-order valence-corrected chi connectivity index (χ2v) is 4.26. The normalized spacial score (nSPS) is 10.9. The first-order chi connectivity index (χ1) is 8.22. The van der Waals surface area contributed by atoms with E-state index in [1.165, 1.54) is 0 Å². The van der Waals surface area contributed by atoms with E-state index in [0.717, 1.165) is 22.2 Å². The maximum Gasteiger partial charge on any atom is 0.227 e. The van der Waals surface area contributed by atoms with Gasteiger partial charge in [-0.15, -0.1) is 0 Å². The Morgan fingerprint density at radius 3 is 2.59 bits per heavy atom. The first-order valence-electron chi connectivity index (χ1n) is 5.21. The van der Waals surface area contributed by atoms with Crippen LogP contribution >= 0.6 is 11.6 Å². The zero-order chi connectivity index (χ0) is 11.8. The van der Waals surface area contributed by atoms with Gasteiger partial charge < -0.3 is 4.42 Å². The SMILES string of the molecule is [CH2]c1ccc2nc(-c3ccc(Cl)cc3)oc2c1. The van der Waals surface area contributed by atoms with Crippen molar-refractivity contribution in [3.63, 3.8) is 0 Å². The highest BCUT2D eigenvalue weighted by Gasteiger charge is 2.07. The van der Waals surface area contributed by atoms with Crippen molar-refractivity contribution in [3.8, 4) is 11.5 Å². The molecule has 0 saturated heterocycles. The van der Waals surface area contributed by atoms with Gasteiger partial charge >= 0.3 is 0 Å². The zero-order valence-electron chi connectivity index (χ0n) is 8.98. The lowest BCUT2D eigenvalue weighted by atomic mass is 10.2. The van der Waals surface area contributed by atoms with Gasteiger partial charge in [0.2, 0.25) is 5.89 Å². The lowest BCUT2D eigenvalue weighted by Gasteiger charge is -1.94. The fourth-order valence-corrected chi connectivity index (χ4v) is 1.81. The minimum atomic E-state index is 0.599. The van der Waals surface area contributed by atoms with Crippen LogP contribution in [0.15, 0.2) is 46.9 Å². The van der Waals surface area contributed by atoms with Gasteiger partial charge in [0.15, 0.2) is 5.58 Å². The summed E-state index contributed by atoms with van der Waals surface area (Å²) in [6.45, 7) is 3.86. The molecule has 3 aromatic rings. The van der Waals surface area contributed by atoms with Gasteiger partial charge in [-0.3, -0.25) is 0 Å². The molecule has 0 bridgehead atoms.